The molecule has 0 bridgehead atoms. The fraction of sp³-hybridized carbons (Fsp3) is 0.0909. The summed E-state index contributed by atoms with van der Waals surface area (Å²) >= 11 is 5.47. The van der Waals surface area contributed by atoms with Crippen LogP contribution in [-0.2, 0) is 22.9 Å². The van der Waals surface area contributed by atoms with Gasteiger partial charge in [0.25, 0.3) is 0 Å². The Morgan fingerprint density at radius 2 is 1.50 bits per heavy atom. The summed E-state index contributed by atoms with van der Waals surface area (Å²) < 4.78 is 0. The first-order valence-electron chi connectivity index (χ1n) is 3.86. The van der Waals surface area contributed by atoms with Gasteiger partial charge in [0.15, 0.2) is 0 Å². The number of hydrogen-bond acceptors (Lipinski definition) is 0. The van der Waals surface area contributed by atoms with E-state index in [-0.39, 0.29) is 29.5 Å². The second kappa shape index (κ2) is 10.9. The zero-order valence-corrected chi connectivity index (χ0v) is 10.2. The molecule has 3 heteroatoms. The Hall–Kier alpha value is -0.201. The van der Waals surface area contributed by atoms with Crippen molar-refractivity contribution in [3.05, 3.63) is 60.2 Å². The SMILES string of the molecule is Cl.ClC[c-]1cccc1.[Fe+2].c1cc[cH-]c1. The molecule has 2 aromatic carbocycles. The minimum atomic E-state index is 0. The molecule has 0 amide bonds. The van der Waals surface area contributed by atoms with Gasteiger partial charge in [-0.2, -0.15) is 30.3 Å². The van der Waals surface area contributed by atoms with Crippen molar-refractivity contribution < 1.29 is 17.1 Å². The summed E-state index contributed by atoms with van der Waals surface area (Å²) in [4.78, 5) is 0. The van der Waals surface area contributed by atoms with Crippen molar-refractivity contribution in [3.8, 4) is 0 Å². The number of alkyl halides is 1. The average molecular weight is 271 g/mol. The van der Waals surface area contributed by atoms with Gasteiger partial charge in [0.05, 0.1) is 0 Å². The largest absolute Gasteiger partial charge is 2.00 e. The van der Waals surface area contributed by atoms with Gasteiger partial charge < -0.3 is 0 Å². The standard InChI is InChI=1S/C6H6Cl.C5H5.ClH.Fe/c7-5-6-3-1-2-4-6;1-2-4-5-3-1;;/h1-4H,5H2;1-5H;1H;/q2*-1;;+2. The van der Waals surface area contributed by atoms with E-state index >= 15 is 0 Å². The number of halogens is 2. The van der Waals surface area contributed by atoms with Crippen molar-refractivity contribution in [1.82, 2.24) is 0 Å². The molecule has 2 rings (SSSR count). The summed E-state index contributed by atoms with van der Waals surface area (Å²) in [5.41, 5.74) is 1.20. The van der Waals surface area contributed by atoms with Crippen molar-refractivity contribution in [3.63, 3.8) is 0 Å². The fourth-order valence-corrected chi connectivity index (χ4v) is 1.00. The van der Waals surface area contributed by atoms with Crippen molar-refractivity contribution in [2.45, 2.75) is 5.88 Å². The molecule has 0 aliphatic rings. The van der Waals surface area contributed by atoms with Gasteiger partial charge in [0, 0.05) is 5.88 Å². The molecular formula is C11H12Cl2Fe. The third-order valence-electron chi connectivity index (χ3n) is 1.44. The van der Waals surface area contributed by atoms with Crippen LogP contribution in [0.5, 0.6) is 0 Å². The summed E-state index contributed by atoms with van der Waals surface area (Å²) in [6, 6.07) is 18.0. The molecule has 0 aliphatic heterocycles. The molecule has 0 aromatic heterocycles. The molecule has 0 fully saturated rings. The number of rotatable bonds is 1. The van der Waals surface area contributed by atoms with E-state index in [1.165, 1.54) is 5.56 Å². The summed E-state index contributed by atoms with van der Waals surface area (Å²) in [6.07, 6.45) is 0. The summed E-state index contributed by atoms with van der Waals surface area (Å²) in [5, 5.41) is 0. The summed E-state index contributed by atoms with van der Waals surface area (Å²) in [6.45, 7) is 0. The molecule has 0 saturated carbocycles. The van der Waals surface area contributed by atoms with Crippen LogP contribution in [-0.4, -0.2) is 0 Å². The molecule has 0 aliphatic carbocycles. The van der Waals surface area contributed by atoms with Gasteiger partial charge in [-0.1, -0.05) is 0 Å². The second-order valence-corrected chi connectivity index (χ2v) is 2.66. The minimum absolute atomic E-state index is 0. The van der Waals surface area contributed by atoms with Crippen LogP contribution in [0.4, 0.5) is 0 Å². The van der Waals surface area contributed by atoms with Crippen LogP contribution < -0.4 is 0 Å². The summed E-state index contributed by atoms with van der Waals surface area (Å²) in [7, 11) is 0. The maximum Gasteiger partial charge on any atom is 2.00 e. The van der Waals surface area contributed by atoms with E-state index in [0.29, 0.717) is 5.88 Å². The zero-order chi connectivity index (χ0) is 8.65. The Morgan fingerprint density at radius 3 is 1.71 bits per heavy atom. The van der Waals surface area contributed by atoms with E-state index < -0.39 is 0 Å². The predicted octanol–water partition coefficient (Wildman–Crippen LogP) is 3.97. The van der Waals surface area contributed by atoms with Crippen molar-refractivity contribution in [1.29, 1.82) is 0 Å². The van der Waals surface area contributed by atoms with Crippen LogP contribution in [0, 0.1) is 0 Å². The van der Waals surface area contributed by atoms with Gasteiger partial charge in [-0.15, -0.1) is 29.6 Å². The Bertz CT molecular complexity index is 244. The molecule has 0 radical (unpaired) electrons. The molecular weight excluding hydrogens is 259 g/mol. The van der Waals surface area contributed by atoms with Crippen LogP contribution in [0.3, 0.4) is 0 Å². The Balaban J connectivity index is 0. The molecule has 78 valence electrons. The maximum absolute atomic E-state index is 5.47. The van der Waals surface area contributed by atoms with Gasteiger partial charge in [0.2, 0.25) is 0 Å². The van der Waals surface area contributed by atoms with Crippen molar-refractivity contribution in [2.75, 3.05) is 0 Å². The van der Waals surface area contributed by atoms with E-state index in [9.17, 15) is 0 Å². The first-order chi connectivity index (χ1) is 5.93. The number of hydrogen-bond donors (Lipinski definition) is 0. The molecule has 0 unspecified atom stereocenters. The van der Waals surface area contributed by atoms with Gasteiger partial charge in [0.1, 0.15) is 0 Å². The predicted molar refractivity (Wildman–Crippen MR) is 60.9 cm³/mol. The fourth-order valence-electron chi connectivity index (χ4n) is 0.824. The molecule has 0 heterocycles. The first-order valence-corrected chi connectivity index (χ1v) is 4.40. The molecule has 0 N–H and O–H groups in total. The average Bonchev–Trinajstić information content (AvgIpc) is 2.81. The van der Waals surface area contributed by atoms with Crippen LogP contribution in [0.2, 0.25) is 0 Å². The third kappa shape index (κ3) is 7.23. The van der Waals surface area contributed by atoms with Crippen LogP contribution in [0.25, 0.3) is 0 Å². The van der Waals surface area contributed by atoms with Gasteiger partial charge in [-0.05, 0) is 0 Å². The van der Waals surface area contributed by atoms with Crippen LogP contribution in [0.1, 0.15) is 5.56 Å². The summed E-state index contributed by atoms with van der Waals surface area (Å²) in [5.74, 6) is 0.632. The minimum Gasteiger partial charge on any atom is -0.214 e. The Labute approximate surface area is 107 Å². The third-order valence-corrected chi connectivity index (χ3v) is 1.75. The van der Waals surface area contributed by atoms with Gasteiger partial charge >= 0.3 is 17.1 Å². The zero-order valence-electron chi connectivity index (χ0n) is 7.54. The second-order valence-electron chi connectivity index (χ2n) is 2.39. The van der Waals surface area contributed by atoms with Crippen molar-refractivity contribution >= 4 is 24.0 Å². The van der Waals surface area contributed by atoms with Crippen LogP contribution >= 0.6 is 24.0 Å². The monoisotopic (exact) mass is 270 g/mol. The normalized spacial score (nSPS) is 7.50. The van der Waals surface area contributed by atoms with E-state index in [0.717, 1.165) is 0 Å². The molecule has 14 heavy (non-hydrogen) atoms. The van der Waals surface area contributed by atoms with Crippen molar-refractivity contribution in [2.24, 2.45) is 0 Å². The molecule has 0 nitrogen and oxygen atoms in total. The molecule has 0 saturated heterocycles. The molecule has 0 atom stereocenters. The van der Waals surface area contributed by atoms with E-state index in [4.69, 9.17) is 11.6 Å². The van der Waals surface area contributed by atoms with E-state index in [1.807, 2.05) is 54.6 Å². The molecule has 0 spiro atoms. The maximum atomic E-state index is 5.47. The quantitative estimate of drug-likeness (QED) is 0.418. The molecule has 2 aromatic rings. The first kappa shape index (κ1) is 16.2. The van der Waals surface area contributed by atoms with Gasteiger partial charge in [-0.25, -0.2) is 24.3 Å². The topological polar surface area (TPSA) is 0 Å². The van der Waals surface area contributed by atoms with Crippen LogP contribution in [0.15, 0.2) is 54.6 Å². The Kier molecular flexibility index (Phi) is 12.6. The van der Waals surface area contributed by atoms with E-state index in [2.05, 4.69) is 0 Å². The van der Waals surface area contributed by atoms with E-state index in [1.54, 1.807) is 0 Å². The Morgan fingerprint density at radius 1 is 1.00 bits per heavy atom. The smallest absolute Gasteiger partial charge is 0.214 e. The van der Waals surface area contributed by atoms with Gasteiger partial charge in [-0.3, -0.25) is 0 Å².